The highest BCUT2D eigenvalue weighted by Crippen LogP contribution is 2.21. The number of carbonyl (C=O) groups is 2. The molecule has 2 amide bonds. The Morgan fingerprint density at radius 2 is 2.12 bits per heavy atom. The number of hydrogen-bond acceptors (Lipinski definition) is 3. The molecular weight excluding hydrogens is 302 g/mol. The summed E-state index contributed by atoms with van der Waals surface area (Å²) in [5.74, 6) is -0.324. The molecule has 5 heteroatoms. The second kappa shape index (κ2) is 10.6. The number of pyridine rings is 1. The van der Waals surface area contributed by atoms with Crippen molar-refractivity contribution in [2.75, 3.05) is 6.54 Å². The monoisotopic (exact) mass is 331 g/mol. The molecule has 1 heterocycles. The molecule has 5 nitrogen and oxygen atoms in total. The summed E-state index contributed by atoms with van der Waals surface area (Å²) in [5, 5.41) is 5.87. The van der Waals surface area contributed by atoms with Gasteiger partial charge in [0.15, 0.2) is 0 Å². The van der Waals surface area contributed by atoms with Gasteiger partial charge in [-0.05, 0) is 44.2 Å². The van der Waals surface area contributed by atoms with Crippen molar-refractivity contribution in [3.63, 3.8) is 0 Å². The predicted molar refractivity (Wildman–Crippen MR) is 96.5 cm³/mol. The molecular formula is C19H29N3O2. The number of allylic oxidation sites excluding steroid dienone is 1. The number of carbonyl (C=O) groups excluding carboxylic acids is 2. The van der Waals surface area contributed by atoms with Gasteiger partial charge in [-0.25, -0.2) is 0 Å². The van der Waals surface area contributed by atoms with Crippen molar-refractivity contribution in [2.45, 2.75) is 57.9 Å². The van der Waals surface area contributed by atoms with Gasteiger partial charge in [0.1, 0.15) is 5.54 Å². The zero-order chi connectivity index (χ0) is 17.8. The van der Waals surface area contributed by atoms with Crippen molar-refractivity contribution in [1.29, 1.82) is 0 Å². The summed E-state index contributed by atoms with van der Waals surface area (Å²) >= 11 is 0. The molecule has 1 aromatic heterocycles. The molecule has 0 aliphatic heterocycles. The van der Waals surface area contributed by atoms with E-state index in [9.17, 15) is 9.59 Å². The van der Waals surface area contributed by atoms with Crippen LogP contribution in [0.25, 0.3) is 0 Å². The minimum atomic E-state index is -0.925. The third kappa shape index (κ3) is 6.52. The smallest absolute Gasteiger partial charge is 0.245 e. The zero-order valence-corrected chi connectivity index (χ0v) is 14.8. The molecule has 24 heavy (non-hydrogen) atoms. The minimum absolute atomic E-state index is 0.121. The molecule has 0 saturated carbocycles. The highest BCUT2D eigenvalue weighted by atomic mass is 16.2. The van der Waals surface area contributed by atoms with Crippen LogP contribution >= 0.6 is 0 Å². The van der Waals surface area contributed by atoms with E-state index in [0.29, 0.717) is 32.2 Å². The van der Waals surface area contributed by atoms with Gasteiger partial charge in [-0.1, -0.05) is 25.5 Å². The summed E-state index contributed by atoms with van der Waals surface area (Å²) in [6, 6.07) is 5.72. The first-order valence-electron chi connectivity index (χ1n) is 8.62. The lowest BCUT2D eigenvalue weighted by Crippen LogP contribution is -2.58. The third-order valence-electron chi connectivity index (χ3n) is 3.98. The Balaban J connectivity index is 2.92. The van der Waals surface area contributed by atoms with Crippen LogP contribution in [0.4, 0.5) is 0 Å². The van der Waals surface area contributed by atoms with Crippen molar-refractivity contribution in [1.82, 2.24) is 15.6 Å². The molecule has 1 rings (SSSR count). The normalized spacial score (nSPS) is 12.9. The van der Waals surface area contributed by atoms with Gasteiger partial charge in [-0.2, -0.15) is 0 Å². The molecule has 0 aromatic carbocycles. The summed E-state index contributed by atoms with van der Waals surface area (Å²) in [6.07, 6.45) is 7.76. The number of amides is 2. The van der Waals surface area contributed by atoms with Gasteiger partial charge in [0.05, 0.1) is 0 Å². The number of nitrogens with one attached hydrogen (secondary N) is 2. The fourth-order valence-corrected chi connectivity index (χ4v) is 2.65. The number of aromatic nitrogens is 1. The van der Waals surface area contributed by atoms with Gasteiger partial charge >= 0.3 is 0 Å². The molecule has 2 N–H and O–H groups in total. The minimum Gasteiger partial charge on any atom is -0.354 e. The van der Waals surface area contributed by atoms with Gasteiger partial charge in [0.2, 0.25) is 11.8 Å². The summed E-state index contributed by atoms with van der Waals surface area (Å²) in [5.41, 5.74) is -0.0159. The second-order valence-corrected chi connectivity index (χ2v) is 6.02. The van der Waals surface area contributed by atoms with Gasteiger partial charge < -0.3 is 10.6 Å². The topological polar surface area (TPSA) is 71.1 Å². The molecule has 0 spiro atoms. The van der Waals surface area contributed by atoms with Crippen LogP contribution in [0.1, 0.15) is 51.6 Å². The summed E-state index contributed by atoms with van der Waals surface area (Å²) in [4.78, 5) is 28.9. The van der Waals surface area contributed by atoms with Gasteiger partial charge in [0, 0.05) is 25.4 Å². The number of rotatable bonds is 11. The van der Waals surface area contributed by atoms with Crippen LogP contribution in [0, 0.1) is 0 Å². The Morgan fingerprint density at radius 3 is 2.71 bits per heavy atom. The molecule has 0 aliphatic carbocycles. The van der Waals surface area contributed by atoms with Crippen molar-refractivity contribution in [3.05, 3.63) is 42.7 Å². The fraction of sp³-hybridized carbons (Fsp3) is 0.526. The molecule has 1 aromatic rings. The fourth-order valence-electron chi connectivity index (χ4n) is 2.65. The maximum Gasteiger partial charge on any atom is 0.245 e. The number of nitrogens with zero attached hydrogens (tertiary/aromatic N) is 1. The number of aryl methyl sites for hydroxylation is 1. The molecule has 1 unspecified atom stereocenters. The molecule has 0 fully saturated rings. The van der Waals surface area contributed by atoms with Crippen LogP contribution in [0.2, 0.25) is 0 Å². The van der Waals surface area contributed by atoms with E-state index in [1.807, 2.05) is 18.2 Å². The quantitative estimate of drug-likeness (QED) is 0.484. The zero-order valence-electron chi connectivity index (χ0n) is 14.8. The van der Waals surface area contributed by atoms with Crippen LogP contribution in [0.15, 0.2) is 37.1 Å². The van der Waals surface area contributed by atoms with Gasteiger partial charge in [-0.3, -0.25) is 14.6 Å². The maximum absolute atomic E-state index is 12.8. The van der Waals surface area contributed by atoms with E-state index in [1.165, 1.54) is 6.92 Å². The summed E-state index contributed by atoms with van der Waals surface area (Å²) < 4.78 is 0. The van der Waals surface area contributed by atoms with Crippen molar-refractivity contribution in [3.8, 4) is 0 Å². The molecule has 0 radical (unpaired) electrons. The second-order valence-electron chi connectivity index (χ2n) is 6.02. The predicted octanol–water partition coefficient (Wildman–Crippen LogP) is 2.77. The van der Waals surface area contributed by atoms with E-state index in [0.717, 1.165) is 18.5 Å². The van der Waals surface area contributed by atoms with E-state index in [1.54, 1.807) is 12.3 Å². The SMILES string of the molecule is C=CCCC(CCc1ccccn1)(NC(C)=O)C(=O)NCCCC. The highest BCUT2D eigenvalue weighted by Gasteiger charge is 2.38. The summed E-state index contributed by atoms with van der Waals surface area (Å²) in [7, 11) is 0. The van der Waals surface area contributed by atoms with Crippen LogP contribution in [0.3, 0.4) is 0 Å². The van der Waals surface area contributed by atoms with E-state index < -0.39 is 5.54 Å². The Morgan fingerprint density at radius 1 is 1.33 bits per heavy atom. The van der Waals surface area contributed by atoms with E-state index >= 15 is 0 Å². The largest absolute Gasteiger partial charge is 0.354 e. The van der Waals surface area contributed by atoms with Crippen molar-refractivity contribution in [2.24, 2.45) is 0 Å². The average molecular weight is 331 g/mol. The first-order chi connectivity index (χ1) is 11.5. The first kappa shape index (κ1) is 19.9. The van der Waals surface area contributed by atoms with Gasteiger partial charge in [-0.15, -0.1) is 6.58 Å². The van der Waals surface area contributed by atoms with E-state index in [4.69, 9.17) is 0 Å². The Bertz CT molecular complexity index is 531. The number of unbranched alkanes of at least 4 members (excludes halogenated alkanes) is 1. The molecule has 0 aliphatic rings. The van der Waals surface area contributed by atoms with Crippen LogP contribution in [-0.4, -0.2) is 28.9 Å². The van der Waals surface area contributed by atoms with Crippen LogP contribution in [0.5, 0.6) is 0 Å². The van der Waals surface area contributed by atoms with Crippen molar-refractivity contribution >= 4 is 11.8 Å². The van der Waals surface area contributed by atoms with E-state index in [2.05, 4.69) is 29.1 Å². The Kier molecular flexibility index (Phi) is 8.76. The Hall–Kier alpha value is -2.17. The van der Waals surface area contributed by atoms with Gasteiger partial charge in [0.25, 0.3) is 0 Å². The standard InChI is InChI=1S/C19H29N3O2/c1-4-6-12-19(22-16(3)23,18(24)21-14-7-5-2)13-11-17-10-8-9-15-20-17/h4,8-10,15H,1,5-7,11-14H2,2-3H3,(H,21,24)(H,22,23). The lowest BCUT2D eigenvalue weighted by atomic mass is 9.86. The van der Waals surface area contributed by atoms with Crippen LogP contribution < -0.4 is 10.6 Å². The highest BCUT2D eigenvalue weighted by molar-refractivity contribution is 5.90. The molecule has 132 valence electrons. The van der Waals surface area contributed by atoms with Crippen molar-refractivity contribution < 1.29 is 9.59 Å². The molecule has 0 bridgehead atoms. The Labute approximate surface area is 144 Å². The summed E-state index contributed by atoms with van der Waals surface area (Å²) in [6.45, 7) is 7.88. The maximum atomic E-state index is 12.8. The molecule has 0 saturated heterocycles. The lowest BCUT2D eigenvalue weighted by molar-refractivity contribution is -0.133. The number of hydrogen-bond donors (Lipinski definition) is 2. The third-order valence-corrected chi connectivity index (χ3v) is 3.98. The molecule has 1 atom stereocenters. The lowest BCUT2D eigenvalue weighted by Gasteiger charge is -2.33. The van der Waals surface area contributed by atoms with E-state index in [-0.39, 0.29) is 11.8 Å². The van der Waals surface area contributed by atoms with Crippen LogP contribution in [-0.2, 0) is 16.0 Å². The average Bonchev–Trinajstić information content (AvgIpc) is 2.58. The first-order valence-corrected chi connectivity index (χ1v) is 8.62.